The molecule has 5 heterocycles. The summed E-state index contributed by atoms with van der Waals surface area (Å²) < 4.78 is 9.33. The standard InChI is InChI=1S/C25H23N2.C23H19N2.C21H15N2.2C9H7N2.3Ir/c1-17-13-23(21-9-6-5-7-10-21)14-18(2)25(17)22-11-8-12-24(16-22)27-20(4)15-19(3)26-27;1-17-23(18(2)25(24-17)22-11-7-4-8-12-22)21-15-13-20(14-16-21)19-9-5-3-6-10-19;1-3-7-17(8-4-1)18-11-13-19(14-12-18)20-15-22-23(16-20)21-9-5-2-6-10-21;2*1-2-5-9(6-3-1)11-8-4-7-10-11;;;/h5-11,13-16H,1-4H3;3-11,13-16H,1-2H3;1-9,11-16H;2*1-5,7-8H;;;/q5*-1;;;. The molecule has 100 heavy (non-hydrogen) atoms. The van der Waals surface area contributed by atoms with Gasteiger partial charge in [-0.15, -0.1) is 35.9 Å². The van der Waals surface area contributed by atoms with E-state index in [9.17, 15) is 0 Å². The zero-order chi connectivity index (χ0) is 66.7. The first-order chi connectivity index (χ1) is 47.6. The molecule has 16 aromatic rings. The zero-order valence-corrected chi connectivity index (χ0v) is 63.3. The molecule has 16 rings (SSSR count). The molecule has 0 bridgehead atoms. The van der Waals surface area contributed by atoms with Gasteiger partial charge in [0.15, 0.2) is 0 Å². The number of nitrogens with zero attached hydrogens (tertiary/aromatic N) is 10. The fourth-order valence-corrected chi connectivity index (χ4v) is 11.6. The molecular weight excluding hydrogens is 1760 g/mol. The summed E-state index contributed by atoms with van der Waals surface area (Å²) in [5.41, 5.74) is 26.2. The summed E-state index contributed by atoms with van der Waals surface area (Å²) >= 11 is 0. The average molecular weight is 1830 g/mol. The van der Waals surface area contributed by atoms with Crippen molar-refractivity contribution in [3.8, 4) is 95.2 Å². The molecule has 0 aliphatic heterocycles. The second-order valence-corrected chi connectivity index (χ2v) is 23.1. The van der Waals surface area contributed by atoms with Gasteiger partial charge in [0, 0.05) is 114 Å². The normalized spacial score (nSPS) is 10.3. The van der Waals surface area contributed by atoms with Crippen molar-refractivity contribution in [2.24, 2.45) is 0 Å². The zero-order valence-electron chi connectivity index (χ0n) is 56.1. The first-order valence-electron chi connectivity index (χ1n) is 32.1. The van der Waals surface area contributed by atoms with Gasteiger partial charge in [-0.05, 0) is 149 Å². The second-order valence-electron chi connectivity index (χ2n) is 23.1. The van der Waals surface area contributed by atoms with Crippen LogP contribution < -0.4 is 0 Å². The molecule has 0 spiro atoms. The minimum absolute atomic E-state index is 0. The van der Waals surface area contributed by atoms with Gasteiger partial charge < -0.3 is 0 Å². The Bertz CT molecular complexity index is 4950. The van der Waals surface area contributed by atoms with E-state index >= 15 is 0 Å². The number of para-hydroxylation sites is 4. The fraction of sp³-hybridized carbons (Fsp3) is 0.0690. The number of aromatic nitrogens is 10. The van der Waals surface area contributed by atoms with Crippen LogP contribution in [0.25, 0.3) is 95.2 Å². The van der Waals surface area contributed by atoms with Gasteiger partial charge in [0.2, 0.25) is 0 Å². The third kappa shape index (κ3) is 18.8. The minimum atomic E-state index is 0. The van der Waals surface area contributed by atoms with E-state index in [2.05, 4.69) is 243 Å². The summed E-state index contributed by atoms with van der Waals surface area (Å²) in [7, 11) is 0. The molecule has 501 valence electrons. The number of benzene rings is 11. The maximum atomic E-state index is 4.72. The molecular formula is C87H71Ir3N10-5. The third-order valence-corrected chi connectivity index (χ3v) is 16.2. The van der Waals surface area contributed by atoms with E-state index in [0.29, 0.717) is 0 Å². The van der Waals surface area contributed by atoms with Crippen molar-refractivity contribution >= 4 is 0 Å². The summed E-state index contributed by atoms with van der Waals surface area (Å²) in [5.74, 6) is 0. The molecule has 0 atom stereocenters. The van der Waals surface area contributed by atoms with Gasteiger partial charge in [-0.1, -0.05) is 152 Å². The summed E-state index contributed by atoms with van der Waals surface area (Å²) in [5, 5.41) is 21.9. The van der Waals surface area contributed by atoms with E-state index in [0.717, 1.165) is 62.3 Å². The van der Waals surface area contributed by atoms with Crippen LogP contribution in [0.2, 0.25) is 0 Å². The molecule has 0 aliphatic rings. The number of rotatable bonds is 11. The third-order valence-electron chi connectivity index (χ3n) is 16.2. The van der Waals surface area contributed by atoms with Crippen molar-refractivity contribution in [2.45, 2.75) is 41.5 Å². The Balaban J connectivity index is 0.000000150. The van der Waals surface area contributed by atoms with Crippen LogP contribution in [0, 0.1) is 71.9 Å². The maximum absolute atomic E-state index is 4.72. The smallest absolute Gasteiger partial charge is 0.0678 e. The molecule has 13 heteroatoms. The number of aryl methyl sites for hydroxylation is 5. The Morgan fingerprint density at radius 3 is 1.13 bits per heavy atom. The van der Waals surface area contributed by atoms with Gasteiger partial charge in [-0.25, -0.2) is 0 Å². The Hall–Kier alpha value is -10.6. The van der Waals surface area contributed by atoms with Gasteiger partial charge in [-0.2, -0.15) is 141 Å². The van der Waals surface area contributed by atoms with E-state index in [1.807, 2.05) is 173 Å². The van der Waals surface area contributed by atoms with E-state index in [1.54, 1.807) is 21.8 Å². The van der Waals surface area contributed by atoms with E-state index < -0.39 is 0 Å². The maximum Gasteiger partial charge on any atom is 0.0678 e. The molecule has 0 unspecified atom stereocenters. The largest absolute Gasteiger partial charge is 0.266 e. The Morgan fingerprint density at radius 2 is 0.700 bits per heavy atom. The predicted molar refractivity (Wildman–Crippen MR) is 393 cm³/mol. The summed E-state index contributed by atoms with van der Waals surface area (Å²) in [6.45, 7) is 12.6. The van der Waals surface area contributed by atoms with Crippen molar-refractivity contribution in [3.63, 3.8) is 0 Å². The molecule has 0 saturated carbocycles. The van der Waals surface area contributed by atoms with Gasteiger partial charge in [-0.3, -0.25) is 23.4 Å². The molecule has 0 amide bonds. The van der Waals surface area contributed by atoms with Crippen LogP contribution in [-0.4, -0.2) is 48.9 Å². The summed E-state index contributed by atoms with van der Waals surface area (Å²) in [6.07, 6.45) is 11.2. The molecule has 10 nitrogen and oxygen atoms in total. The summed E-state index contributed by atoms with van der Waals surface area (Å²) in [4.78, 5) is 0. The van der Waals surface area contributed by atoms with Crippen LogP contribution >= 0.6 is 0 Å². The SMILES string of the molecule is Cc1cc(C)n(-c2[c-]ccc(-c3c(C)cc(-c4ccccc4)cc3C)c2)n1.Cc1nn(-c2[c-]cccc2)c(C)c1-c1ccc(-c2ccccc2)cc1.[Ir].[Ir].[Ir].[c-]1ccccc1-n1cc(-c2ccc(-c3ccccc3)cc2)cn1.[c-]1ccccc1-n1cccn1.[c-]1ccccc1-n1cccn1. The quantitative estimate of drug-likeness (QED) is 0.120. The molecule has 0 N–H and O–H groups in total. The first-order valence-corrected chi connectivity index (χ1v) is 32.1. The monoisotopic (exact) mass is 1830 g/mol. The van der Waals surface area contributed by atoms with Crippen molar-refractivity contribution in [2.75, 3.05) is 0 Å². The van der Waals surface area contributed by atoms with E-state index in [4.69, 9.17) is 5.10 Å². The Kier molecular flexibility index (Phi) is 26.7. The first kappa shape index (κ1) is 73.7. The van der Waals surface area contributed by atoms with E-state index in [1.165, 1.54) is 66.8 Å². The number of hydrogen-bond donors (Lipinski definition) is 0. The second kappa shape index (κ2) is 36.3. The van der Waals surface area contributed by atoms with Crippen LogP contribution in [0.3, 0.4) is 0 Å². The van der Waals surface area contributed by atoms with Crippen LogP contribution in [0.1, 0.15) is 33.9 Å². The molecule has 0 aliphatic carbocycles. The van der Waals surface area contributed by atoms with Crippen molar-refractivity contribution < 1.29 is 60.3 Å². The van der Waals surface area contributed by atoms with Gasteiger partial charge in [0.1, 0.15) is 0 Å². The Morgan fingerprint density at radius 1 is 0.290 bits per heavy atom. The average Bonchev–Trinajstić information content (AvgIpc) is 1.54. The van der Waals surface area contributed by atoms with Crippen LogP contribution in [0.15, 0.2) is 322 Å². The molecule has 5 aromatic heterocycles. The predicted octanol–water partition coefficient (Wildman–Crippen LogP) is 20.2. The van der Waals surface area contributed by atoms with Crippen LogP contribution in [-0.2, 0) is 60.3 Å². The molecule has 11 aromatic carbocycles. The van der Waals surface area contributed by atoms with Gasteiger partial charge in [0.05, 0.1) is 17.6 Å². The summed E-state index contributed by atoms with van der Waals surface area (Å²) in [6, 6.07) is 113. The van der Waals surface area contributed by atoms with Crippen molar-refractivity contribution in [3.05, 3.63) is 387 Å². The van der Waals surface area contributed by atoms with Crippen LogP contribution in [0.4, 0.5) is 0 Å². The van der Waals surface area contributed by atoms with Crippen LogP contribution in [0.5, 0.6) is 0 Å². The molecule has 0 fully saturated rings. The number of hydrogen-bond acceptors (Lipinski definition) is 5. The minimum Gasteiger partial charge on any atom is -0.266 e. The molecule has 0 saturated heterocycles. The van der Waals surface area contributed by atoms with E-state index in [-0.39, 0.29) is 60.3 Å². The van der Waals surface area contributed by atoms with Crippen molar-refractivity contribution in [1.29, 1.82) is 0 Å². The molecule has 3 radical (unpaired) electrons. The van der Waals surface area contributed by atoms with Crippen molar-refractivity contribution in [1.82, 2.24) is 48.9 Å². The Labute approximate surface area is 627 Å². The van der Waals surface area contributed by atoms with Gasteiger partial charge in [0.25, 0.3) is 0 Å². The fourth-order valence-electron chi connectivity index (χ4n) is 11.6. The van der Waals surface area contributed by atoms with Gasteiger partial charge >= 0.3 is 0 Å². The topological polar surface area (TPSA) is 89.1 Å².